The second-order valence-corrected chi connectivity index (χ2v) is 4.48. The van der Waals surface area contributed by atoms with Gasteiger partial charge in [-0.25, -0.2) is 17.6 Å². The van der Waals surface area contributed by atoms with Gasteiger partial charge in [-0.1, -0.05) is 47.6 Å². The van der Waals surface area contributed by atoms with Crippen LogP contribution >= 0.6 is 0 Å². The summed E-state index contributed by atoms with van der Waals surface area (Å²) in [6.07, 6.45) is -3.98. The second-order valence-electron chi connectivity index (χ2n) is 4.48. The van der Waals surface area contributed by atoms with Crippen molar-refractivity contribution in [2.75, 3.05) is 0 Å². The number of rotatable bonds is 6. The summed E-state index contributed by atoms with van der Waals surface area (Å²) in [5.41, 5.74) is 0.526. The molecule has 2 rings (SSSR count). The SMILES string of the molecule is FC(F)c1cccc(CON=Cc2ccccc2C(F)F)c1. The van der Waals surface area contributed by atoms with Gasteiger partial charge in [0.05, 0.1) is 6.21 Å². The Balaban J connectivity index is 1.98. The van der Waals surface area contributed by atoms with Crippen LogP contribution in [0.5, 0.6) is 0 Å². The number of hydrogen-bond donors (Lipinski definition) is 0. The molecule has 6 heteroatoms. The number of halogens is 4. The fourth-order valence-electron chi connectivity index (χ4n) is 1.85. The highest BCUT2D eigenvalue weighted by Crippen LogP contribution is 2.22. The fourth-order valence-corrected chi connectivity index (χ4v) is 1.85. The zero-order chi connectivity index (χ0) is 15.9. The average molecular weight is 311 g/mol. The number of nitrogens with zero attached hydrogens (tertiary/aromatic N) is 1. The van der Waals surface area contributed by atoms with Gasteiger partial charge in [-0.3, -0.25) is 0 Å². The molecular weight excluding hydrogens is 298 g/mol. The van der Waals surface area contributed by atoms with Crippen LogP contribution in [0.4, 0.5) is 17.6 Å². The van der Waals surface area contributed by atoms with Gasteiger partial charge in [-0.15, -0.1) is 0 Å². The average Bonchev–Trinajstić information content (AvgIpc) is 2.52. The lowest BCUT2D eigenvalue weighted by Gasteiger charge is -2.05. The molecule has 0 amide bonds. The standard InChI is InChI=1S/C16H13F4NO/c17-15(18)12-6-3-4-11(8-12)10-22-21-9-13-5-1-2-7-14(13)16(19)20/h1-9,15-16H,10H2. The first kappa shape index (κ1) is 16.0. The minimum atomic E-state index is -2.61. The molecule has 0 fully saturated rings. The summed E-state index contributed by atoms with van der Waals surface area (Å²) in [4.78, 5) is 4.97. The second kappa shape index (κ2) is 7.59. The molecule has 0 aliphatic carbocycles. The van der Waals surface area contributed by atoms with Gasteiger partial charge in [0.25, 0.3) is 12.9 Å². The van der Waals surface area contributed by atoms with Crippen molar-refractivity contribution >= 4 is 6.21 Å². The largest absolute Gasteiger partial charge is 0.391 e. The summed E-state index contributed by atoms with van der Waals surface area (Å²) in [7, 11) is 0. The highest BCUT2D eigenvalue weighted by Gasteiger charge is 2.10. The van der Waals surface area contributed by atoms with Crippen molar-refractivity contribution < 1.29 is 22.4 Å². The third-order valence-corrected chi connectivity index (χ3v) is 2.93. The minimum absolute atomic E-state index is 0.0199. The third kappa shape index (κ3) is 4.31. The number of oxime groups is 1. The minimum Gasteiger partial charge on any atom is -0.391 e. The zero-order valence-electron chi connectivity index (χ0n) is 11.4. The van der Waals surface area contributed by atoms with E-state index in [-0.39, 0.29) is 23.3 Å². The number of hydrogen-bond acceptors (Lipinski definition) is 2. The van der Waals surface area contributed by atoms with E-state index < -0.39 is 12.9 Å². The maximum absolute atomic E-state index is 12.7. The van der Waals surface area contributed by atoms with Crippen molar-refractivity contribution in [3.8, 4) is 0 Å². The Labute approximate surface area is 125 Å². The van der Waals surface area contributed by atoms with Gasteiger partial charge in [0, 0.05) is 16.7 Å². The monoisotopic (exact) mass is 311 g/mol. The lowest BCUT2D eigenvalue weighted by Crippen LogP contribution is -1.94. The summed E-state index contributed by atoms with van der Waals surface area (Å²) < 4.78 is 50.6. The van der Waals surface area contributed by atoms with E-state index in [4.69, 9.17) is 4.84 Å². The van der Waals surface area contributed by atoms with E-state index in [0.717, 1.165) is 0 Å². The molecule has 2 aromatic rings. The first-order valence-corrected chi connectivity index (χ1v) is 6.47. The van der Waals surface area contributed by atoms with E-state index >= 15 is 0 Å². The van der Waals surface area contributed by atoms with Gasteiger partial charge in [-0.05, 0) is 11.6 Å². The molecule has 116 valence electrons. The summed E-state index contributed by atoms with van der Waals surface area (Å²) in [5, 5.41) is 3.61. The molecule has 0 spiro atoms. The molecule has 0 atom stereocenters. The van der Waals surface area contributed by atoms with Crippen LogP contribution in [-0.4, -0.2) is 6.21 Å². The number of benzene rings is 2. The van der Waals surface area contributed by atoms with Gasteiger partial charge in [0.2, 0.25) is 0 Å². The molecule has 0 radical (unpaired) electrons. The molecule has 0 heterocycles. The van der Waals surface area contributed by atoms with Crippen molar-refractivity contribution in [1.29, 1.82) is 0 Å². The van der Waals surface area contributed by atoms with E-state index in [9.17, 15) is 17.6 Å². The molecule has 2 aromatic carbocycles. The van der Waals surface area contributed by atoms with Crippen molar-refractivity contribution in [3.63, 3.8) is 0 Å². The molecular formula is C16H13F4NO. The Hall–Kier alpha value is -2.37. The first-order valence-electron chi connectivity index (χ1n) is 6.47. The molecule has 0 unspecified atom stereocenters. The van der Waals surface area contributed by atoms with Crippen molar-refractivity contribution in [1.82, 2.24) is 0 Å². The Morgan fingerprint density at radius 2 is 1.73 bits per heavy atom. The van der Waals surface area contributed by atoms with Crippen LogP contribution in [0.15, 0.2) is 53.7 Å². The molecule has 2 nitrogen and oxygen atoms in total. The van der Waals surface area contributed by atoms with Crippen LogP contribution in [0, 0.1) is 0 Å². The third-order valence-electron chi connectivity index (χ3n) is 2.93. The lowest BCUT2D eigenvalue weighted by molar-refractivity contribution is 0.130. The summed E-state index contributed by atoms with van der Waals surface area (Å²) in [5.74, 6) is 0. The Morgan fingerprint density at radius 1 is 0.955 bits per heavy atom. The van der Waals surface area contributed by atoms with E-state index in [1.165, 1.54) is 42.6 Å². The molecule has 0 N–H and O–H groups in total. The molecule has 22 heavy (non-hydrogen) atoms. The van der Waals surface area contributed by atoms with Crippen molar-refractivity contribution in [2.45, 2.75) is 19.5 Å². The van der Waals surface area contributed by atoms with Crippen molar-refractivity contribution in [3.05, 3.63) is 70.8 Å². The van der Waals surface area contributed by atoms with E-state index in [1.54, 1.807) is 12.1 Å². The van der Waals surface area contributed by atoms with Gasteiger partial charge < -0.3 is 4.84 Å². The topological polar surface area (TPSA) is 21.6 Å². The molecule has 0 aromatic heterocycles. The normalized spacial score (nSPS) is 11.5. The zero-order valence-corrected chi connectivity index (χ0v) is 11.4. The van der Waals surface area contributed by atoms with Gasteiger partial charge >= 0.3 is 0 Å². The predicted octanol–water partition coefficient (Wildman–Crippen LogP) is 5.11. The summed E-state index contributed by atoms with van der Waals surface area (Å²) >= 11 is 0. The van der Waals surface area contributed by atoms with Crippen molar-refractivity contribution in [2.24, 2.45) is 5.16 Å². The maximum atomic E-state index is 12.7. The van der Waals surface area contributed by atoms with Gasteiger partial charge in [0.1, 0.15) is 6.61 Å². The van der Waals surface area contributed by atoms with Crippen LogP contribution in [-0.2, 0) is 11.4 Å². The number of alkyl halides is 4. The molecule has 0 saturated heterocycles. The molecule has 0 aliphatic heterocycles. The van der Waals surface area contributed by atoms with E-state index in [0.29, 0.717) is 5.56 Å². The Bertz CT molecular complexity index is 644. The smallest absolute Gasteiger partial charge is 0.264 e. The maximum Gasteiger partial charge on any atom is 0.264 e. The van der Waals surface area contributed by atoms with Crippen LogP contribution in [0.3, 0.4) is 0 Å². The summed E-state index contributed by atoms with van der Waals surface area (Å²) in [6, 6.07) is 11.7. The Morgan fingerprint density at radius 3 is 2.45 bits per heavy atom. The highest BCUT2D eigenvalue weighted by molar-refractivity contribution is 5.81. The summed E-state index contributed by atoms with van der Waals surface area (Å²) in [6.45, 7) is -0.0199. The quantitative estimate of drug-likeness (QED) is 0.412. The molecule has 0 saturated carbocycles. The molecule has 0 aliphatic rings. The highest BCUT2D eigenvalue weighted by atomic mass is 19.3. The van der Waals surface area contributed by atoms with E-state index in [1.807, 2.05) is 0 Å². The lowest BCUT2D eigenvalue weighted by atomic mass is 10.1. The van der Waals surface area contributed by atoms with Crippen LogP contribution in [0.2, 0.25) is 0 Å². The van der Waals surface area contributed by atoms with E-state index in [2.05, 4.69) is 5.16 Å². The molecule has 0 bridgehead atoms. The Kier molecular flexibility index (Phi) is 5.52. The van der Waals surface area contributed by atoms with Crippen LogP contribution in [0.1, 0.15) is 35.1 Å². The van der Waals surface area contributed by atoms with Crippen LogP contribution in [0.25, 0.3) is 0 Å². The fraction of sp³-hybridized carbons (Fsp3) is 0.188. The predicted molar refractivity (Wildman–Crippen MR) is 75.2 cm³/mol. The van der Waals surface area contributed by atoms with Gasteiger partial charge in [-0.2, -0.15) is 0 Å². The first-order chi connectivity index (χ1) is 10.6. The van der Waals surface area contributed by atoms with Gasteiger partial charge in [0.15, 0.2) is 0 Å². The van der Waals surface area contributed by atoms with Crippen LogP contribution < -0.4 is 0 Å².